The lowest BCUT2D eigenvalue weighted by molar-refractivity contribution is 0.0963. The number of aliphatic hydroxyl groups excluding tert-OH is 1. The van der Waals surface area contributed by atoms with Crippen molar-refractivity contribution in [3.05, 3.63) is 70.8 Å². The van der Waals surface area contributed by atoms with Gasteiger partial charge in [-0.1, -0.05) is 57.2 Å². The Kier molecular flexibility index (Phi) is 8.42. The van der Waals surface area contributed by atoms with Crippen LogP contribution in [-0.4, -0.2) is 37.1 Å². The molecule has 1 unspecified atom stereocenters. The minimum atomic E-state index is -0.630. The van der Waals surface area contributed by atoms with Crippen LogP contribution in [-0.2, 0) is 12.0 Å². The van der Waals surface area contributed by atoms with Gasteiger partial charge in [0.15, 0.2) is 5.96 Å². The van der Waals surface area contributed by atoms with Crippen LogP contribution in [0.25, 0.3) is 0 Å². The molecule has 1 atom stereocenters. The number of carbonyl (C=O) groups is 1. The van der Waals surface area contributed by atoms with Crippen molar-refractivity contribution in [1.82, 2.24) is 16.0 Å². The first-order chi connectivity index (χ1) is 14.2. The van der Waals surface area contributed by atoms with Crippen molar-refractivity contribution in [3.63, 3.8) is 0 Å². The molecule has 0 saturated heterocycles. The second-order valence-electron chi connectivity index (χ2n) is 8.24. The minimum absolute atomic E-state index is 0.0884. The van der Waals surface area contributed by atoms with Gasteiger partial charge < -0.3 is 21.1 Å². The lowest BCUT2D eigenvalue weighted by Crippen LogP contribution is -2.39. The zero-order valence-corrected chi connectivity index (χ0v) is 18.6. The topological polar surface area (TPSA) is 85.8 Å². The van der Waals surface area contributed by atoms with Gasteiger partial charge in [-0.3, -0.25) is 4.79 Å². The average Bonchev–Trinajstić information content (AvgIpc) is 2.74. The van der Waals surface area contributed by atoms with Crippen LogP contribution in [0.2, 0.25) is 0 Å². The summed E-state index contributed by atoms with van der Waals surface area (Å²) in [7, 11) is 1.61. The van der Waals surface area contributed by atoms with Gasteiger partial charge in [0.2, 0.25) is 0 Å². The van der Waals surface area contributed by atoms with Crippen molar-refractivity contribution in [2.75, 3.05) is 20.1 Å². The van der Waals surface area contributed by atoms with Crippen LogP contribution in [0.3, 0.4) is 0 Å². The maximum atomic E-state index is 11.6. The third kappa shape index (κ3) is 6.88. The van der Waals surface area contributed by atoms with Gasteiger partial charge in [0.25, 0.3) is 5.91 Å². The Hall–Kier alpha value is -2.86. The van der Waals surface area contributed by atoms with Crippen LogP contribution in [0.5, 0.6) is 0 Å². The van der Waals surface area contributed by atoms with Gasteiger partial charge in [0, 0.05) is 25.7 Å². The zero-order chi connectivity index (χ0) is 22.1. The van der Waals surface area contributed by atoms with Crippen LogP contribution >= 0.6 is 0 Å². The van der Waals surface area contributed by atoms with Gasteiger partial charge in [-0.25, -0.2) is 4.99 Å². The van der Waals surface area contributed by atoms with Crippen molar-refractivity contribution in [1.29, 1.82) is 0 Å². The van der Waals surface area contributed by atoms with Crippen LogP contribution < -0.4 is 16.0 Å². The molecule has 0 aromatic heterocycles. The van der Waals surface area contributed by atoms with Crippen LogP contribution in [0.4, 0.5) is 0 Å². The molecule has 0 heterocycles. The lowest BCUT2D eigenvalue weighted by atomic mass is 9.86. The molecule has 0 bridgehead atoms. The Morgan fingerprint density at radius 2 is 1.67 bits per heavy atom. The molecular formula is C24H34N4O2. The number of carbonyl (C=O) groups excluding carboxylic acids is 1. The molecule has 6 heteroatoms. The summed E-state index contributed by atoms with van der Waals surface area (Å²) in [6, 6.07) is 15.5. The van der Waals surface area contributed by atoms with E-state index in [1.165, 1.54) is 5.56 Å². The van der Waals surface area contributed by atoms with Gasteiger partial charge in [-0.15, -0.1) is 0 Å². The van der Waals surface area contributed by atoms with Crippen molar-refractivity contribution >= 4 is 11.9 Å². The SMILES string of the molecule is CCNC(=NCc1ccc(C(=O)NC)cc1)NCC(O)c1ccc(C(C)(C)C)cc1. The van der Waals surface area contributed by atoms with E-state index in [2.05, 4.69) is 53.8 Å². The van der Waals surface area contributed by atoms with E-state index in [1.807, 2.05) is 31.2 Å². The number of benzene rings is 2. The summed E-state index contributed by atoms with van der Waals surface area (Å²) in [5.74, 6) is 0.530. The van der Waals surface area contributed by atoms with Crippen molar-refractivity contribution in [2.45, 2.75) is 45.8 Å². The number of nitrogens with one attached hydrogen (secondary N) is 3. The molecule has 6 nitrogen and oxygen atoms in total. The normalized spacial score (nSPS) is 12.9. The van der Waals surface area contributed by atoms with E-state index in [1.54, 1.807) is 19.2 Å². The van der Waals surface area contributed by atoms with E-state index >= 15 is 0 Å². The molecule has 2 aromatic rings. The third-order valence-electron chi connectivity index (χ3n) is 4.83. The Balaban J connectivity index is 1.96. The van der Waals surface area contributed by atoms with E-state index in [0.717, 1.165) is 17.7 Å². The number of hydrogen-bond donors (Lipinski definition) is 4. The smallest absolute Gasteiger partial charge is 0.251 e. The number of rotatable bonds is 7. The first-order valence-electron chi connectivity index (χ1n) is 10.4. The highest BCUT2D eigenvalue weighted by atomic mass is 16.3. The number of guanidine groups is 1. The monoisotopic (exact) mass is 410 g/mol. The quantitative estimate of drug-likeness (QED) is 0.417. The fourth-order valence-corrected chi connectivity index (χ4v) is 2.93. The fraction of sp³-hybridized carbons (Fsp3) is 0.417. The second kappa shape index (κ2) is 10.8. The molecule has 2 aromatic carbocycles. The van der Waals surface area contributed by atoms with E-state index < -0.39 is 6.10 Å². The second-order valence-corrected chi connectivity index (χ2v) is 8.24. The molecule has 0 radical (unpaired) electrons. The molecule has 162 valence electrons. The summed E-state index contributed by atoms with van der Waals surface area (Å²) in [4.78, 5) is 16.2. The van der Waals surface area contributed by atoms with Gasteiger partial charge in [-0.2, -0.15) is 0 Å². The van der Waals surface area contributed by atoms with E-state index in [9.17, 15) is 9.90 Å². The first-order valence-corrected chi connectivity index (χ1v) is 10.4. The molecule has 1 amide bonds. The van der Waals surface area contributed by atoms with E-state index in [0.29, 0.717) is 24.6 Å². The molecule has 0 aliphatic carbocycles. The Bertz CT molecular complexity index is 837. The largest absolute Gasteiger partial charge is 0.387 e. The highest BCUT2D eigenvalue weighted by molar-refractivity contribution is 5.93. The summed E-state index contributed by atoms with van der Waals surface area (Å²) in [6.07, 6.45) is -0.630. The van der Waals surface area contributed by atoms with Crippen molar-refractivity contribution in [3.8, 4) is 0 Å². The van der Waals surface area contributed by atoms with Gasteiger partial charge >= 0.3 is 0 Å². The zero-order valence-electron chi connectivity index (χ0n) is 18.6. The van der Waals surface area contributed by atoms with Gasteiger partial charge in [0.05, 0.1) is 12.6 Å². The molecule has 0 saturated carbocycles. The number of aliphatic hydroxyl groups is 1. The molecule has 0 aliphatic rings. The number of aliphatic imine (C=N–C) groups is 1. The van der Waals surface area contributed by atoms with Crippen LogP contribution in [0, 0.1) is 0 Å². The molecule has 0 fully saturated rings. The molecule has 2 rings (SSSR count). The summed E-state index contributed by atoms with van der Waals surface area (Å²) in [5, 5.41) is 19.5. The summed E-state index contributed by atoms with van der Waals surface area (Å²) >= 11 is 0. The van der Waals surface area contributed by atoms with Crippen molar-refractivity contribution in [2.24, 2.45) is 4.99 Å². The molecular weight excluding hydrogens is 376 g/mol. The molecule has 0 aliphatic heterocycles. The average molecular weight is 411 g/mol. The number of amides is 1. The highest BCUT2D eigenvalue weighted by Crippen LogP contribution is 2.23. The Morgan fingerprint density at radius 3 is 2.20 bits per heavy atom. The standard InChI is InChI=1S/C24H34N4O2/c1-6-26-23(27-15-17-7-9-19(10-8-17)22(30)25-5)28-16-21(29)18-11-13-20(14-12-18)24(2,3)4/h7-14,21,29H,6,15-16H2,1-5H3,(H,25,30)(H2,26,27,28). The lowest BCUT2D eigenvalue weighted by Gasteiger charge is -2.20. The highest BCUT2D eigenvalue weighted by Gasteiger charge is 2.15. The molecule has 4 N–H and O–H groups in total. The van der Waals surface area contributed by atoms with Gasteiger partial charge in [0.1, 0.15) is 0 Å². The van der Waals surface area contributed by atoms with Crippen LogP contribution in [0.1, 0.15) is 60.8 Å². The summed E-state index contributed by atoms with van der Waals surface area (Å²) < 4.78 is 0. The maximum Gasteiger partial charge on any atom is 0.251 e. The number of hydrogen-bond acceptors (Lipinski definition) is 3. The Morgan fingerprint density at radius 1 is 1.03 bits per heavy atom. The van der Waals surface area contributed by atoms with E-state index in [-0.39, 0.29) is 11.3 Å². The first kappa shape index (κ1) is 23.4. The third-order valence-corrected chi connectivity index (χ3v) is 4.83. The van der Waals surface area contributed by atoms with Crippen molar-refractivity contribution < 1.29 is 9.90 Å². The summed E-state index contributed by atoms with van der Waals surface area (Å²) in [5.41, 5.74) is 3.82. The molecule has 0 spiro atoms. The number of nitrogens with zero attached hydrogens (tertiary/aromatic N) is 1. The molecule has 30 heavy (non-hydrogen) atoms. The predicted molar refractivity (Wildman–Crippen MR) is 123 cm³/mol. The van der Waals surface area contributed by atoms with Gasteiger partial charge in [-0.05, 0) is 41.2 Å². The maximum absolute atomic E-state index is 11.6. The Labute approximate surface area is 179 Å². The fourth-order valence-electron chi connectivity index (χ4n) is 2.93. The van der Waals surface area contributed by atoms with Crippen LogP contribution in [0.15, 0.2) is 53.5 Å². The van der Waals surface area contributed by atoms with E-state index in [4.69, 9.17) is 0 Å². The predicted octanol–water partition coefficient (Wildman–Crippen LogP) is 3.13. The summed E-state index contributed by atoms with van der Waals surface area (Å²) in [6.45, 7) is 10.1. The minimum Gasteiger partial charge on any atom is -0.387 e.